The molecule has 280 valence electrons. The topological polar surface area (TPSA) is 22.9 Å². The van der Waals surface area contributed by atoms with Crippen molar-refractivity contribution in [2.75, 3.05) is 14.7 Å². The fourth-order valence-corrected chi connectivity index (χ4v) is 11.4. The van der Waals surface area contributed by atoms with Crippen LogP contribution in [0.4, 0.5) is 51.2 Å². The van der Waals surface area contributed by atoms with Gasteiger partial charge in [0.05, 0.1) is 5.69 Å². The van der Waals surface area contributed by atoms with Crippen molar-refractivity contribution in [2.24, 2.45) is 0 Å². The largest absolute Gasteiger partial charge is 0.454 e. The minimum atomic E-state index is 0.0482. The molecule has 0 saturated heterocycles. The second-order valence-electron chi connectivity index (χ2n) is 16.5. The number of hydrogen-bond donors (Lipinski definition) is 0. The molecule has 13 rings (SSSR count). The minimum absolute atomic E-state index is 0.0482. The first-order chi connectivity index (χ1) is 29.1. The Bertz CT molecular complexity index is 3220. The molecule has 0 fully saturated rings. The monoisotopic (exact) mass is 775 g/mol. The van der Waals surface area contributed by atoms with Gasteiger partial charge in [0.2, 0.25) is 0 Å². The van der Waals surface area contributed by atoms with E-state index in [0.717, 1.165) is 51.1 Å². The van der Waals surface area contributed by atoms with Crippen LogP contribution in [0.15, 0.2) is 178 Å². The first kappa shape index (κ1) is 33.4. The molecule has 1 aromatic heterocycles. The van der Waals surface area contributed by atoms with Gasteiger partial charge >= 0.3 is 0 Å². The molecule has 0 atom stereocenters. The van der Waals surface area contributed by atoms with Crippen LogP contribution in [0.25, 0.3) is 21.9 Å². The maximum Gasteiger partial charge on any atom is 0.252 e. The Morgan fingerprint density at radius 3 is 1.95 bits per heavy atom. The summed E-state index contributed by atoms with van der Waals surface area (Å²) in [6, 6.07) is 61.3. The Balaban J connectivity index is 1.09. The Hall–Kier alpha value is -6.63. The number of fused-ring (bicyclic) bond motifs is 14. The zero-order valence-electron chi connectivity index (χ0n) is 32.7. The minimum Gasteiger partial charge on any atom is -0.454 e. The SMILES string of the molecule is Cc1cc2c3c(c1)N1c4cccc(c4)Sc4cccc(c4)N(c4cccc5c4oc4ccccc45)c4ccc(c1c4)B3c1ccccc1N2c1ccc2c(c1)CCCC2. The summed E-state index contributed by atoms with van der Waals surface area (Å²) in [5.41, 5.74) is 20.5. The van der Waals surface area contributed by atoms with E-state index < -0.39 is 0 Å². The third-order valence-corrected chi connectivity index (χ3v) is 13.9. The van der Waals surface area contributed by atoms with E-state index in [9.17, 15) is 0 Å². The average Bonchev–Trinajstić information content (AvgIpc) is 3.66. The number of nitrogens with zero attached hydrogens (tertiary/aromatic N) is 3. The third kappa shape index (κ3) is 4.99. The molecule has 4 aliphatic rings. The molecule has 3 aliphatic heterocycles. The highest BCUT2D eigenvalue weighted by Gasteiger charge is 2.44. The van der Waals surface area contributed by atoms with Gasteiger partial charge in [-0.3, -0.25) is 0 Å². The van der Waals surface area contributed by atoms with Crippen LogP contribution in [0.1, 0.15) is 29.5 Å². The van der Waals surface area contributed by atoms with Crippen LogP contribution in [-0.4, -0.2) is 6.71 Å². The molecule has 1 aliphatic carbocycles. The number of hydrogen-bond acceptors (Lipinski definition) is 5. The van der Waals surface area contributed by atoms with Gasteiger partial charge in [0.1, 0.15) is 5.58 Å². The molecule has 6 bridgehead atoms. The van der Waals surface area contributed by atoms with E-state index in [1.165, 1.54) is 90.6 Å². The Kier molecular flexibility index (Phi) is 7.17. The van der Waals surface area contributed by atoms with Crippen LogP contribution in [0.3, 0.4) is 0 Å². The zero-order chi connectivity index (χ0) is 38.8. The molecule has 0 radical (unpaired) electrons. The zero-order valence-corrected chi connectivity index (χ0v) is 33.5. The van der Waals surface area contributed by atoms with Crippen molar-refractivity contribution in [3.05, 3.63) is 180 Å². The number of aryl methyl sites for hydroxylation is 3. The molecule has 4 heterocycles. The van der Waals surface area contributed by atoms with Crippen molar-refractivity contribution in [2.45, 2.75) is 42.4 Å². The molecule has 0 amide bonds. The summed E-state index contributed by atoms with van der Waals surface area (Å²) in [5, 5.41) is 2.24. The van der Waals surface area contributed by atoms with E-state index >= 15 is 0 Å². The molecule has 0 spiro atoms. The van der Waals surface area contributed by atoms with Gasteiger partial charge < -0.3 is 19.1 Å². The first-order valence-corrected chi connectivity index (χ1v) is 21.6. The summed E-state index contributed by atoms with van der Waals surface area (Å²) in [7, 11) is 0. The number of rotatable bonds is 2. The highest BCUT2D eigenvalue weighted by molar-refractivity contribution is 7.99. The van der Waals surface area contributed by atoms with Gasteiger partial charge in [-0.1, -0.05) is 84.6 Å². The fourth-order valence-electron chi connectivity index (χ4n) is 10.5. The van der Waals surface area contributed by atoms with E-state index in [4.69, 9.17) is 4.42 Å². The lowest BCUT2D eigenvalue weighted by molar-refractivity contribution is 0.669. The van der Waals surface area contributed by atoms with Gasteiger partial charge in [0.15, 0.2) is 5.58 Å². The first-order valence-electron chi connectivity index (χ1n) is 20.8. The summed E-state index contributed by atoms with van der Waals surface area (Å²) in [6.45, 7) is 2.31. The second kappa shape index (κ2) is 12.7. The highest BCUT2D eigenvalue weighted by Crippen LogP contribution is 2.49. The van der Waals surface area contributed by atoms with Gasteiger partial charge in [-0.15, -0.1) is 0 Å². The lowest BCUT2D eigenvalue weighted by atomic mass is 9.33. The summed E-state index contributed by atoms with van der Waals surface area (Å²) in [5.74, 6) is 0. The van der Waals surface area contributed by atoms with Crippen LogP contribution in [-0.2, 0) is 12.8 Å². The van der Waals surface area contributed by atoms with Crippen LogP contribution in [0, 0.1) is 6.92 Å². The number of para-hydroxylation sites is 3. The molecule has 4 nitrogen and oxygen atoms in total. The molecule has 8 aromatic carbocycles. The standard InChI is InChI=1S/C53H38BN3OS/c1-33-27-49-52-50(28-33)57-37-14-9-16-41(31-37)59-40-15-8-13-36(30-40)55(47-21-10-18-43-42-17-4-7-22-51(42)58-53(43)47)39-25-26-45(48(57)32-39)54(52)44-19-5-6-20-46(44)56(49)38-24-23-34-11-2-3-12-35(34)29-38/h4-10,13-32H,2-3,11-12H2,1H3. The molecule has 59 heavy (non-hydrogen) atoms. The van der Waals surface area contributed by atoms with Gasteiger partial charge in [-0.2, -0.15) is 0 Å². The van der Waals surface area contributed by atoms with E-state index in [1.807, 2.05) is 11.8 Å². The fraction of sp³-hybridized carbons (Fsp3) is 0.0943. The molecule has 9 aromatic rings. The van der Waals surface area contributed by atoms with Gasteiger partial charge in [-0.25, -0.2) is 0 Å². The van der Waals surface area contributed by atoms with Crippen LogP contribution < -0.4 is 31.1 Å². The van der Waals surface area contributed by atoms with Crippen LogP contribution in [0.5, 0.6) is 0 Å². The molecule has 0 saturated carbocycles. The van der Waals surface area contributed by atoms with Crippen molar-refractivity contribution >= 4 is 108 Å². The Labute approximate surface area is 348 Å². The van der Waals surface area contributed by atoms with Crippen LogP contribution >= 0.6 is 11.8 Å². The van der Waals surface area contributed by atoms with Crippen molar-refractivity contribution in [3.8, 4) is 0 Å². The summed E-state index contributed by atoms with van der Waals surface area (Å²) in [4.78, 5) is 9.88. The number of anilines is 9. The summed E-state index contributed by atoms with van der Waals surface area (Å²) in [6.07, 6.45) is 4.86. The molecule has 0 N–H and O–H groups in total. The van der Waals surface area contributed by atoms with E-state index in [-0.39, 0.29) is 6.71 Å². The predicted octanol–water partition coefficient (Wildman–Crippen LogP) is 12.8. The van der Waals surface area contributed by atoms with Crippen LogP contribution in [0.2, 0.25) is 0 Å². The molecule has 0 unspecified atom stereocenters. The van der Waals surface area contributed by atoms with Crippen molar-refractivity contribution in [1.29, 1.82) is 0 Å². The number of benzene rings is 8. The van der Waals surface area contributed by atoms with E-state index in [0.29, 0.717) is 0 Å². The normalized spacial score (nSPS) is 14.7. The smallest absolute Gasteiger partial charge is 0.252 e. The molecular formula is C53H38BN3OS. The quantitative estimate of drug-likeness (QED) is 0.163. The summed E-state index contributed by atoms with van der Waals surface area (Å²) >= 11 is 1.81. The van der Waals surface area contributed by atoms with Crippen molar-refractivity contribution in [1.82, 2.24) is 0 Å². The van der Waals surface area contributed by atoms with Gasteiger partial charge in [-0.05, 0) is 157 Å². The predicted molar refractivity (Wildman–Crippen MR) is 248 cm³/mol. The van der Waals surface area contributed by atoms with E-state index in [2.05, 4.69) is 185 Å². The third-order valence-electron chi connectivity index (χ3n) is 13.0. The molecular weight excluding hydrogens is 737 g/mol. The second-order valence-corrected chi connectivity index (χ2v) is 17.6. The molecule has 6 heteroatoms. The lowest BCUT2D eigenvalue weighted by Gasteiger charge is -2.45. The number of furan rings is 1. The lowest BCUT2D eigenvalue weighted by Crippen LogP contribution is -2.61. The van der Waals surface area contributed by atoms with E-state index in [1.54, 1.807) is 0 Å². The van der Waals surface area contributed by atoms with Crippen molar-refractivity contribution in [3.63, 3.8) is 0 Å². The maximum atomic E-state index is 6.73. The highest BCUT2D eigenvalue weighted by atomic mass is 32.2. The maximum absolute atomic E-state index is 6.73. The van der Waals surface area contributed by atoms with Gasteiger partial charge in [0, 0.05) is 66.1 Å². The van der Waals surface area contributed by atoms with Crippen molar-refractivity contribution < 1.29 is 4.42 Å². The summed E-state index contributed by atoms with van der Waals surface area (Å²) < 4.78 is 6.73. The Morgan fingerprint density at radius 1 is 0.475 bits per heavy atom. The van der Waals surface area contributed by atoms with Gasteiger partial charge in [0.25, 0.3) is 6.71 Å². The average molecular weight is 776 g/mol. The Morgan fingerprint density at radius 2 is 1.10 bits per heavy atom.